The maximum absolute atomic E-state index is 3.56. The summed E-state index contributed by atoms with van der Waals surface area (Å²) in [4.78, 5) is 0. The van der Waals surface area contributed by atoms with Crippen LogP contribution in [0.1, 0.15) is 39.2 Å². The zero-order valence-electron chi connectivity index (χ0n) is 11.1. The van der Waals surface area contributed by atoms with E-state index in [2.05, 4.69) is 73.2 Å². The maximum Gasteiger partial charge on any atom is 0.0175 e. The van der Waals surface area contributed by atoms with Gasteiger partial charge in [-0.2, -0.15) is 0 Å². The molecular formula is C15H22BrN. The van der Waals surface area contributed by atoms with Crippen LogP contribution < -0.4 is 5.32 Å². The van der Waals surface area contributed by atoms with E-state index in [0.717, 1.165) is 16.9 Å². The summed E-state index contributed by atoms with van der Waals surface area (Å²) in [6.45, 7) is 10.3. The van der Waals surface area contributed by atoms with Gasteiger partial charge in [0, 0.05) is 10.5 Å². The Morgan fingerprint density at radius 1 is 1.24 bits per heavy atom. The van der Waals surface area contributed by atoms with Crippen LogP contribution in [0.3, 0.4) is 0 Å². The molecule has 0 bridgehead atoms. The molecule has 0 radical (unpaired) electrons. The van der Waals surface area contributed by atoms with Gasteiger partial charge >= 0.3 is 0 Å². The molecule has 0 aromatic heterocycles. The molecule has 1 aliphatic carbocycles. The molecule has 0 amide bonds. The van der Waals surface area contributed by atoms with Gasteiger partial charge in [-0.25, -0.2) is 0 Å². The largest absolute Gasteiger partial charge is 0.314 e. The Bertz CT molecular complexity index is 380. The highest BCUT2D eigenvalue weighted by molar-refractivity contribution is 9.10. The molecule has 2 unspecified atom stereocenters. The quantitative estimate of drug-likeness (QED) is 0.878. The van der Waals surface area contributed by atoms with Gasteiger partial charge in [-0.05, 0) is 41.5 Å². The van der Waals surface area contributed by atoms with Crippen molar-refractivity contribution in [2.24, 2.45) is 11.3 Å². The second kappa shape index (κ2) is 4.74. The lowest BCUT2D eigenvalue weighted by Gasteiger charge is -2.08. The minimum atomic E-state index is 0.440. The molecule has 1 saturated carbocycles. The molecule has 2 heteroatoms. The smallest absolute Gasteiger partial charge is 0.0175 e. The number of rotatable bonds is 4. The minimum Gasteiger partial charge on any atom is -0.314 e. The fourth-order valence-corrected chi connectivity index (χ4v) is 3.08. The van der Waals surface area contributed by atoms with E-state index in [1.807, 2.05) is 0 Å². The lowest BCUT2D eigenvalue weighted by Crippen LogP contribution is -2.26. The molecule has 1 aliphatic rings. The Morgan fingerprint density at radius 3 is 2.35 bits per heavy atom. The van der Waals surface area contributed by atoms with E-state index >= 15 is 0 Å². The van der Waals surface area contributed by atoms with E-state index in [4.69, 9.17) is 0 Å². The Kier molecular flexibility index (Phi) is 3.65. The third-order valence-corrected chi connectivity index (χ3v) is 4.55. The fraction of sp³-hybridized carbons (Fsp3) is 0.600. The molecule has 1 nitrogen and oxygen atoms in total. The molecule has 94 valence electrons. The molecular weight excluding hydrogens is 274 g/mol. The second-order valence-corrected chi connectivity index (χ2v) is 6.94. The molecule has 0 aliphatic heterocycles. The van der Waals surface area contributed by atoms with Crippen LogP contribution in [0.15, 0.2) is 28.7 Å². The molecule has 1 fully saturated rings. The molecule has 0 heterocycles. The summed E-state index contributed by atoms with van der Waals surface area (Å²) in [5, 5.41) is 3.56. The van der Waals surface area contributed by atoms with Crippen molar-refractivity contribution < 1.29 is 0 Å². The standard InChI is InChI=1S/C15H22BrN/c1-10(2)17-9-13-14(15(13,3)4)11-5-7-12(16)8-6-11/h5-8,10,13-14,17H,9H2,1-4H3. The predicted molar refractivity (Wildman–Crippen MR) is 77.3 cm³/mol. The van der Waals surface area contributed by atoms with Crippen molar-refractivity contribution in [1.82, 2.24) is 5.32 Å². The van der Waals surface area contributed by atoms with E-state index in [-0.39, 0.29) is 0 Å². The zero-order chi connectivity index (χ0) is 12.6. The number of hydrogen-bond donors (Lipinski definition) is 1. The summed E-state index contributed by atoms with van der Waals surface area (Å²) in [7, 11) is 0. The Hall–Kier alpha value is -0.340. The highest BCUT2D eigenvalue weighted by Crippen LogP contribution is 2.64. The predicted octanol–water partition coefficient (Wildman–Crippen LogP) is 4.19. The average molecular weight is 296 g/mol. The molecule has 1 N–H and O–H groups in total. The summed E-state index contributed by atoms with van der Waals surface area (Å²) in [5.41, 5.74) is 1.92. The first-order valence-corrected chi connectivity index (χ1v) is 7.21. The first kappa shape index (κ1) is 13.1. The van der Waals surface area contributed by atoms with Crippen LogP contribution in [-0.4, -0.2) is 12.6 Å². The normalized spacial score (nSPS) is 26.2. The highest BCUT2D eigenvalue weighted by atomic mass is 79.9. The maximum atomic E-state index is 3.56. The molecule has 17 heavy (non-hydrogen) atoms. The van der Waals surface area contributed by atoms with Crippen LogP contribution in [-0.2, 0) is 0 Å². The van der Waals surface area contributed by atoms with Crippen LogP contribution in [0.2, 0.25) is 0 Å². The molecule has 0 spiro atoms. The third kappa shape index (κ3) is 2.74. The summed E-state index contributed by atoms with van der Waals surface area (Å²) < 4.78 is 1.16. The van der Waals surface area contributed by atoms with Gasteiger partial charge < -0.3 is 5.32 Å². The number of nitrogens with one attached hydrogen (secondary N) is 1. The first-order chi connectivity index (χ1) is 7.93. The molecule has 2 rings (SSSR count). The van der Waals surface area contributed by atoms with Crippen LogP contribution in [0.25, 0.3) is 0 Å². The van der Waals surface area contributed by atoms with E-state index in [1.165, 1.54) is 5.56 Å². The number of hydrogen-bond acceptors (Lipinski definition) is 1. The number of halogens is 1. The summed E-state index contributed by atoms with van der Waals surface area (Å²) in [6.07, 6.45) is 0. The van der Waals surface area contributed by atoms with Crippen molar-refractivity contribution in [3.05, 3.63) is 34.3 Å². The lowest BCUT2D eigenvalue weighted by atomic mass is 10.0. The van der Waals surface area contributed by atoms with Crippen molar-refractivity contribution in [2.45, 2.75) is 39.7 Å². The fourth-order valence-electron chi connectivity index (χ4n) is 2.82. The molecule has 0 saturated heterocycles. The van der Waals surface area contributed by atoms with Gasteiger partial charge in [0.1, 0.15) is 0 Å². The SMILES string of the molecule is CC(C)NCC1C(c2ccc(Br)cc2)C1(C)C. The van der Waals surface area contributed by atoms with Gasteiger partial charge in [0.15, 0.2) is 0 Å². The van der Waals surface area contributed by atoms with E-state index < -0.39 is 0 Å². The topological polar surface area (TPSA) is 12.0 Å². The highest BCUT2D eigenvalue weighted by Gasteiger charge is 2.57. The molecule has 2 atom stereocenters. The van der Waals surface area contributed by atoms with Crippen molar-refractivity contribution in [2.75, 3.05) is 6.54 Å². The summed E-state index contributed by atoms with van der Waals surface area (Å²) in [6, 6.07) is 9.39. The van der Waals surface area contributed by atoms with Crippen LogP contribution >= 0.6 is 15.9 Å². The van der Waals surface area contributed by atoms with E-state index in [0.29, 0.717) is 17.4 Å². The Labute approximate surface area is 113 Å². The van der Waals surface area contributed by atoms with Crippen LogP contribution in [0, 0.1) is 11.3 Å². The third-order valence-electron chi connectivity index (χ3n) is 4.03. The average Bonchev–Trinajstić information content (AvgIpc) is 2.79. The van der Waals surface area contributed by atoms with E-state index in [9.17, 15) is 0 Å². The van der Waals surface area contributed by atoms with Gasteiger partial charge in [0.2, 0.25) is 0 Å². The monoisotopic (exact) mass is 295 g/mol. The van der Waals surface area contributed by atoms with Crippen LogP contribution in [0.5, 0.6) is 0 Å². The Morgan fingerprint density at radius 2 is 1.82 bits per heavy atom. The van der Waals surface area contributed by atoms with Crippen molar-refractivity contribution in [3.63, 3.8) is 0 Å². The summed E-state index contributed by atoms with van der Waals surface area (Å²) >= 11 is 3.50. The van der Waals surface area contributed by atoms with E-state index in [1.54, 1.807) is 0 Å². The number of benzene rings is 1. The van der Waals surface area contributed by atoms with Gasteiger partial charge in [-0.1, -0.05) is 55.8 Å². The first-order valence-electron chi connectivity index (χ1n) is 6.41. The zero-order valence-corrected chi connectivity index (χ0v) is 12.7. The molecule has 1 aromatic rings. The second-order valence-electron chi connectivity index (χ2n) is 6.02. The van der Waals surface area contributed by atoms with Crippen molar-refractivity contribution >= 4 is 15.9 Å². The van der Waals surface area contributed by atoms with Gasteiger partial charge in [-0.3, -0.25) is 0 Å². The van der Waals surface area contributed by atoms with Gasteiger partial charge in [0.25, 0.3) is 0 Å². The minimum absolute atomic E-state index is 0.440. The van der Waals surface area contributed by atoms with Crippen LogP contribution in [0.4, 0.5) is 0 Å². The van der Waals surface area contributed by atoms with Gasteiger partial charge in [0.05, 0.1) is 0 Å². The van der Waals surface area contributed by atoms with Crippen molar-refractivity contribution in [3.8, 4) is 0 Å². The molecule has 1 aromatic carbocycles. The van der Waals surface area contributed by atoms with Crippen molar-refractivity contribution in [1.29, 1.82) is 0 Å². The summed E-state index contributed by atoms with van der Waals surface area (Å²) in [5.74, 6) is 1.48. The Balaban J connectivity index is 2.05. The van der Waals surface area contributed by atoms with Gasteiger partial charge in [-0.15, -0.1) is 0 Å². The lowest BCUT2D eigenvalue weighted by molar-refractivity contribution is 0.491.